The molecule has 4 nitrogen and oxygen atoms in total. The van der Waals surface area contributed by atoms with Crippen molar-refractivity contribution in [1.29, 1.82) is 0 Å². The quantitative estimate of drug-likeness (QED) is 0.781. The molecule has 0 saturated carbocycles. The summed E-state index contributed by atoms with van der Waals surface area (Å²) in [6, 6.07) is 6.59. The first-order chi connectivity index (χ1) is 11.2. The number of hydrogen-bond donors (Lipinski definition) is 1. The second-order valence-corrected chi connectivity index (χ2v) is 6.13. The fraction of sp³-hybridized carbons (Fsp3) is 0.312. The lowest BCUT2D eigenvalue weighted by molar-refractivity contribution is -0.138. The van der Waals surface area contributed by atoms with Gasteiger partial charge in [0.25, 0.3) is 0 Å². The van der Waals surface area contributed by atoms with E-state index in [9.17, 15) is 18.0 Å². The zero-order valence-corrected chi connectivity index (χ0v) is 13.8. The first-order valence-corrected chi connectivity index (χ1v) is 7.80. The fourth-order valence-corrected chi connectivity index (χ4v) is 3.02. The Hall–Kier alpha value is -2.06. The van der Waals surface area contributed by atoms with Gasteiger partial charge in [-0.05, 0) is 13.0 Å². The summed E-state index contributed by atoms with van der Waals surface area (Å²) in [5.74, 6) is -0.186. The van der Waals surface area contributed by atoms with Crippen molar-refractivity contribution >= 4 is 22.1 Å². The molecule has 0 amide bonds. The van der Waals surface area contributed by atoms with Crippen LogP contribution in [0.5, 0.6) is 5.75 Å². The van der Waals surface area contributed by atoms with Gasteiger partial charge in [0.1, 0.15) is 23.3 Å². The zero-order valence-electron chi connectivity index (χ0n) is 13.0. The van der Waals surface area contributed by atoms with Crippen LogP contribution >= 0.6 is 11.3 Å². The molecule has 1 aromatic carbocycles. The number of carbonyl (C=O) groups is 1. The number of nitrogen functional groups attached to an aromatic ring is 1. The molecule has 0 aliphatic heterocycles. The van der Waals surface area contributed by atoms with Crippen LogP contribution in [0.2, 0.25) is 0 Å². The van der Waals surface area contributed by atoms with Crippen LogP contribution in [0.4, 0.5) is 18.2 Å². The number of ether oxygens (including phenoxy) is 2. The van der Waals surface area contributed by atoms with Crippen molar-refractivity contribution in [2.45, 2.75) is 19.2 Å². The molecule has 0 fully saturated rings. The van der Waals surface area contributed by atoms with Crippen LogP contribution < -0.4 is 10.5 Å². The molecule has 2 rings (SSSR count). The van der Waals surface area contributed by atoms with Crippen molar-refractivity contribution < 1.29 is 27.4 Å². The van der Waals surface area contributed by atoms with Crippen molar-refractivity contribution in [1.82, 2.24) is 0 Å². The highest BCUT2D eigenvalue weighted by molar-refractivity contribution is 7.18. The van der Waals surface area contributed by atoms with Gasteiger partial charge in [0.2, 0.25) is 5.78 Å². The number of ketones is 1. The van der Waals surface area contributed by atoms with Gasteiger partial charge >= 0.3 is 6.18 Å². The maximum Gasteiger partial charge on any atom is 0.416 e. The van der Waals surface area contributed by atoms with Crippen LogP contribution in [0, 0.1) is 0 Å². The predicted octanol–water partition coefficient (Wildman–Crippen LogP) is 4.32. The number of Topliss-reactive ketones (excluding diaryl/α,β-unsaturated/α-hetero) is 1. The number of hydrogen-bond acceptors (Lipinski definition) is 5. The normalized spacial score (nSPS) is 12.9. The van der Waals surface area contributed by atoms with E-state index in [0.29, 0.717) is 5.00 Å². The lowest BCUT2D eigenvalue weighted by atomic mass is 10.0. The molecular weight excluding hydrogens is 343 g/mol. The zero-order chi connectivity index (χ0) is 17.9. The minimum Gasteiger partial charge on any atom is -0.484 e. The minimum atomic E-state index is -4.49. The first-order valence-electron chi connectivity index (χ1n) is 6.98. The van der Waals surface area contributed by atoms with Crippen LogP contribution in [0.15, 0.2) is 30.3 Å². The third kappa shape index (κ3) is 4.07. The Morgan fingerprint density at radius 3 is 2.62 bits per heavy atom. The van der Waals surface area contributed by atoms with Gasteiger partial charge in [0.05, 0.1) is 10.6 Å². The molecule has 0 unspecified atom stereocenters. The average molecular weight is 359 g/mol. The number of halogens is 3. The summed E-state index contributed by atoms with van der Waals surface area (Å²) in [4.78, 5) is 12.2. The Morgan fingerprint density at radius 2 is 2.00 bits per heavy atom. The number of methoxy groups -OCH3 is 1. The highest BCUT2D eigenvalue weighted by Gasteiger charge is 2.34. The monoisotopic (exact) mass is 359 g/mol. The SMILES string of the molecule is COCC(=O)c1sc(N)cc1O[C@H](C)c1ccccc1C(F)(F)F. The topological polar surface area (TPSA) is 61.5 Å². The van der Waals surface area contributed by atoms with Gasteiger partial charge in [-0.15, -0.1) is 11.3 Å². The van der Waals surface area contributed by atoms with Crippen LogP contribution in [0.25, 0.3) is 0 Å². The Balaban J connectivity index is 2.32. The van der Waals surface area contributed by atoms with Gasteiger partial charge in [0, 0.05) is 18.7 Å². The summed E-state index contributed by atoms with van der Waals surface area (Å²) in [6.07, 6.45) is -5.40. The number of anilines is 1. The summed E-state index contributed by atoms with van der Waals surface area (Å²) in [5.41, 5.74) is 4.91. The lowest BCUT2D eigenvalue weighted by Crippen LogP contribution is -2.14. The standard InChI is InChI=1S/C16H16F3NO3S/c1-9(10-5-3-4-6-11(10)16(17,18)19)23-13-7-14(20)24-15(13)12(21)8-22-2/h3-7,9H,8,20H2,1-2H3/t9-/m1/s1. The molecule has 0 radical (unpaired) electrons. The number of rotatable bonds is 6. The van der Waals surface area contributed by atoms with Gasteiger partial charge in [-0.25, -0.2) is 0 Å². The molecule has 2 aromatic rings. The molecule has 1 aromatic heterocycles. The van der Waals surface area contributed by atoms with E-state index in [0.717, 1.165) is 17.4 Å². The Kier molecular flexibility index (Phi) is 5.51. The Morgan fingerprint density at radius 1 is 1.33 bits per heavy atom. The van der Waals surface area contributed by atoms with Crippen molar-refractivity contribution in [3.05, 3.63) is 46.3 Å². The number of thiophene rings is 1. The summed E-state index contributed by atoms with van der Waals surface area (Å²) in [5, 5.41) is 0.334. The molecule has 1 atom stereocenters. The number of benzene rings is 1. The summed E-state index contributed by atoms with van der Waals surface area (Å²) < 4.78 is 49.7. The molecule has 24 heavy (non-hydrogen) atoms. The molecular formula is C16H16F3NO3S. The molecule has 8 heteroatoms. The highest BCUT2D eigenvalue weighted by Crippen LogP contribution is 2.38. The van der Waals surface area contributed by atoms with Crippen molar-refractivity contribution in [3.8, 4) is 5.75 Å². The molecule has 2 N–H and O–H groups in total. The Bertz CT molecular complexity index is 728. The Labute approximate surface area is 141 Å². The van der Waals surface area contributed by atoms with Crippen molar-refractivity contribution in [2.24, 2.45) is 0 Å². The molecule has 0 aliphatic rings. The average Bonchev–Trinajstić information content (AvgIpc) is 2.87. The summed E-state index contributed by atoms with van der Waals surface area (Å²) in [6.45, 7) is 1.33. The van der Waals surface area contributed by atoms with Crippen LogP contribution in [-0.2, 0) is 10.9 Å². The van der Waals surface area contributed by atoms with E-state index in [-0.39, 0.29) is 28.6 Å². The van der Waals surface area contributed by atoms with Crippen molar-refractivity contribution in [2.75, 3.05) is 19.5 Å². The van der Waals surface area contributed by atoms with Gasteiger partial charge in [-0.3, -0.25) is 4.79 Å². The van der Waals surface area contributed by atoms with Crippen LogP contribution in [-0.4, -0.2) is 19.5 Å². The van der Waals surface area contributed by atoms with Crippen LogP contribution in [0.3, 0.4) is 0 Å². The third-order valence-electron chi connectivity index (χ3n) is 3.25. The number of alkyl halides is 3. The van der Waals surface area contributed by atoms with Gasteiger partial charge in [-0.1, -0.05) is 18.2 Å². The minimum absolute atomic E-state index is 0.0140. The largest absolute Gasteiger partial charge is 0.484 e. The van der Waals surface area contributed by atoms with Gasteiger partial charge in [0.15, 0.2) is 0 Å². The van der Waals surface area contributed by atoms with E-state index in [1.54, 1.807) is 0 Å². The molecule has 130 valence electrons. The second-order valence-electron chi connectivity index (χ2n) is 5.04. The fourth-order valence-electron chi connectivity index (χ4n) is 2.23. The van der Waals surface area contributed by atoms with Crippen molar-refractivity contribution in [3.63, 3.8) is 0 Å². The molecule has 1 heterocycles. The lowest BCUT2D eigenvalue weighted by Gasteiger charge is -2.19. The summed E-state index contributed by atoms with van der Waals surface area (Å²) >= 11 is 1.01. The first kappa shape index (κ1) is 18.3. The molecule has 0 saturated heterocycles. The third-order valence-corrected chi connectivity index (χ3v) is 4.24. The van der Waals surface area contributed by atoms with E-state index in [4.69, 9.17) is 15.2 Å². The van der Waals surface area contributed by atoms with Gasteiger partial charge in [-0.2, -0.15) is 13.2 Å². The maximum absolute atomic E-state index is 13.1. The number of nitrogens with two attached hydrogens (primary N) is 1. The second kappa shape index (κ2) is 7.23. The maximum atomic E-state index is 13.1. The van der Waals surface area contributed by atoms with Gasteiger partial charge < -0.3 is 15.2 Å². The van der Waals surface area contributed by atoms with E-state index in [2.05, 4.69) is 0 Å². The van der Waals surface area contributed by atoms with E-state index in [1.807, 2.05) is 0 Å². The van der Waals surface area contributed by atoms with E-state index in [1.165, 1.54) is 38.3 Å². The highest BCUT2D eigenvalue weighted by atomic mass is 32.1. The molecule has 0 bridgehead atoms. The predicted molar refractivity (Wildman–Crippen MR) is 85.4 cm³/mol. The number of carbonyl (C=O) groups excluding carboxylic acids is 1. The molecule has 0 aliphatic carbocycles. The van der Waals surface area contributed by atoms with E-state index < -0.39 is 17.8 Å². The molecule has 0 spiro atoms. The van der Waals surface area contributed by atoms with Crippen LogP contribution in [0.1, 0.15) is 33.8 Å². The van der Waals surface area contributed by atoms with E-state index >= 15 is 0 Å². The smallest absolute Gasteiger partial charge is 0.416 e. The summed E-state index contributed by atoms with van der Waals surface area (Å²) in [7, 11) is 1.37.